The monoisotopic (exact) mass is 436 g/mol. The zero-order chi connectivity index (χ0) is 21.6. The number of amides is 2. The first kappa shape index (κ1) is 20.4. The minimum atomic E-state index is -0.909. The van der Waals surface area contributed by atoms with E-state index in [9.17, 15) is 14.0 Å². The molecule has 0 aliphatic rings. The third-order valence-electron chi connectivity index (χ3n) is 4.47. The fourth-order valence-corrected chi connectivity index (χ4v) is 3.57. The van der Waals surface area contributed by atoms with E-state index in [4.69, 9.17) is 0 Å². The molecule has 0 saturated heterocycles. The first-order chi connectivity index (χ1) is 15.1. The summed E-state index contributed by atoms with van der Waals surface area (Å²) >= 11 is 1.27. The molecule has 0 radical (unpaired) electrons. The molecule has 0 fully saturated rings. The van der Waals surface area contributed by atoms with Crippen molar-refractivity contribution in [2.75, 3.05) is 5.32 Å². The number of anilines is 1. The van der Waals surface area contributed by atoms with E-state index < -0.39 is 17.8 Å². The Bertz CT molecular complexity index is 1170. The smallest absolute Gasteiger partial charge is 0.262 e. The third kappa shape index (κ3) is 4.98. The van der Waals surface area contributed by atoms with Crippen molar-refractivity contribution in [1.82, 2.24) is 25.5 Å². The van der Waals surface area contributed by atoms with Gasteiger partial charge in [0.15, 0.2) is 0 Å². The number of nitrogens with one attached hydrogen (secondary N) is 2. The van der Waals surface area contributed by atoms with Gasteiger partial charge in [0, 0.05) is 6.42 Å². The molecule has 2 amide bonds. The fraction of sp³-hybridized carbons (Fsp3) is 0.0952. The number of thiophene rings is 1. The molecule has 2 N–H and O–H groups in total. The Morgan fingerprint density at radius 2 is 1.94 bits per heavy atom. The predicted molar refractivity (Wildman–Crippen MR) is 113 cm³/mol. The van der Waals surface area contributed by atoms with E-state index >= 15 is 0 Å². The van der Waals surface area contributed by atoms with Crippen molar-refractivity contribution in [3.8, 4) is 5.69 Å². The van der Waals surface area contributed by atoms with Gasteiger partial charge < -0.3 is 10.6 Å². The molecule has 8 nitrogen and oxygen atoms in total. The van der Waals surface area contributed by atoms with Crippen LogP contribution < -0.4 is 10.6 Å². The highest BCUT2D eigenvalue weighted by Gasteiger charge is 2.23. The maximum atomic E-state index is 14.4. The lowest BCUT2D eigenvalue weighted by Gasteiger charge is -2.19. The summed E-state index contributed by atoms with van der Waals surface area (Å²) in [7, 11) is 0. The number of aromatic nitrogens is 4. The molecule has 156 valence electrons. The number of benzene rings is 2. The van der Waals surface area contributed by atoms with E-state index in [1.807, 2.05) is 30.3 Å². The maximum Gasteiger partial charge on any atom is 0.262 e. The van der Waals surface area contributed by atoms with Crippen molar-refractivity contribution < 1.29 is 14.0 Å². The first-order valence-corrected chi connectivity index (χ1v) is 10.2. The van der Waals surface area contributed by atoms with Crippen LogP contribution in [0.5, 0.6) is 0 Å². The summed E-state index contributed by atoms with van der Waals surface area (Å²) in [6, 6.07) is 15.9. The van der Waals surface area contributed by atoms with E-state index in [-0.39, 0.29) is 18.0 Å². The van der Waals surface area contributed by atoms with Gasteiger partial charge in [0.2, 0.25) is 5.91 Å². The van der Waals surface area contributed by atoms with E-state index in [1.54, 1.807) is 17.5 Å². The van der Waals surface area contributed by atoms with Crippen LogP contribution in [0.1, 0.15) is 15.2 Å². The van der Waals surface area contributed by atoms with Crippen LogP contribution in [0.2, 0.25) is 0 Å². The number of hydrogen-bond donors (Lipinski definition) is 2. The van der Waals surface area contributed by atoms with Gasteiger partial charge in [0.05, 0.1) is 16.3 Å². The fourth-order valence-electron chi connectivity index (χ4n) is 2.95. The van der Waals surface area contributed by atoms with Crippen LogP contribution in [0.4, 0.5) is 10.1 Å². The molecule has 1 atom stereocenters. The molecule has 4 aromatic rings. The highest BCUT2D eigenvalue weighted by atomic mass is 32.1. The van der Waals surface area contributed by atoms with Crippen LogP contribution in [0.25, 0.3) is 5.69 Å². The Morgan fingerprint density at radius 1 is 1.10 bits per heavy atom. The van der Waals surface area contributed by atoms with Crippen LogP contribution in [0, 0.1) is 5.82 Å². The quantitative estimate of drug-likeness (QED) is 0.464. The van der Waals surface area contributed by atoms with Crippen LogP contribution in [0.15, 0.2) is 72.4 Å². The molecule has 0 aliphatic heterocycles. The number of hydrogen-bond acceptors (Lipinski definition) is 6. The van der Waals surface area contributed by atoms with Gasteiger partial charge in [-0.15, -0.1) is 16.4 Å². The molecular weight excluding hydrogens is 419 g/mol. The third-order valence-corrected chi connectivity index (χ3v) is 5.34. The standard InChI is InChI=1S/C21H17FN6O2S/c22-16-9-8-15(28-13-23-26-27-28)12-17(16)24-20(29)18(11-14-5-2-1-3-6-14)25-21(30)19-7-4-10-31-19/h1-10,12-13,18H,11H2,(H,24,29)(H,25,30). The average molecular weight is 436 g/mol. The second-order valence-corrected chi connectivity index (χ2v) is 7.55. The van der Waals surface area contributed by atoms with Gasteiger partial charge in [-0.3, -0.25) is 9.59 Å². The molecule has 0 aliphatic carbocycles. The van der Waals surface area contributed by atoms with Crippen molar-refractivity contribution in [3.63, 3.8) is 0 Å². The van der Waals surface area contributed by atoms with Crippen molar-refractivity contribution in [1.29, 1.82) is 0 Å². The minimum Gasteiger partial charge on any atom is -0.339 e. The maximum absolute atomic E-state index is 14.4. The molecule has 31 heavy (non-hydrogen) atoms. The van der Waals surface area contributed by atoms with Gasteiger partial charge in [-0.05, 0) is 45.6 Å². The molecule has 0 spiro atoms. The molecule has 4 rings (SSSR count). The molecular formula is C21H17FN6O2S. The minimum absolute atomic E-state index is 0.0403. The molecule has 2 heterocycles. The van der Waals surface area contributed by atoms with Crippen molar-refractivity contribution in [2.24, 2.45) is 0 Å². The van der Waals surface area contributed by atoms with Gasteiger partial charge in [0.25, 0.3) is 5.91 Å². The van der Waals surface area contributed by atoms with Crippen LogP contribution in [-0.4, -0.2) is 38.1 Å². The first-order valence-electron chi connectivity index (χ1n) is 9.32. The van der Waals surface area contributed by atoms with Crippen molar-refractivity contribution in [3.05, 3.63) is 88.6 Å². The SMILES string of the molecule is O=C(NC(Cc1ccccc1)C(=O)Nc1cc(-n2cnnn2)ccc1F)c1cccs1. The Morgan fingerprint density at radius 3 is 2.65 bits per heavy atom. The molecule has 0 bridgehead atoms. The summed E-state index contributed by atoms with van der Waals surface area (Å²) < 4.78 is 15.7. The summed E-state index contributed by atoms with van der Waals surface area (Å²) in [6.07, 6.45) is 1.61. The van der Waals surface area contributed by atoms with Crippen LogP contribution in [-0.2, 0) is 11.2 Å². The van der Waals surface area contributed by atoms with E-state index in [2.05, 4.69) is 26.2 Å². The molecule has 0 saturated carbocycles. The Hall–Kier alpha value is -3.92. The van der Waals surface area contributed by atoms with Gasteiger partial charge in [0.1, 0.15) is 18.2 Å². The molecule has 1 unspecified atom stereocenters. The van der Waals surface area contributed by atoms with Crippen LogP contribution in [0.3, 0.4) is 0 Å². The number of rotatable bonds is 7. The molecule has 2 aromatic heterocycles. The second kappa shape index (κ2) is 9.26. The second-order valence-electron chi connectivity index (χ2n) is 6.60. The topological polar surface area (TPSA) is 102 Å². The zero-order valence-electron chi connectivity index (χ0n) is 16.1. The Balaban J connectivity index is 1.56. The van der Waals surface area contributed by atoms with Gasteiger partial charge in [-0.25, -0.2) is 9.07 Å². The van der Waals surface area contributed by atoms with Gasteiger partial charge >= 0.3 is 0 Å². The molecule has 10 heteroatoms. The molecule has 2 aromatic carbocycles. The van der Waals surface area contributed by atoms with Crippen molar-refractivity contribution >= 4 is 28.8 Å². The lowest BCUT2D eigenvalue weighted by Crippen LogP contribution is -2.45. The average Bonchev–Trinajstić information content (AvgIpc) is 3.50. The largest absolute Gasteiger partial charge is 0.339 e. The van der Waals surface area contributed by atoms with Gasteiger partial charge in [-0.1, -0.05) is 36.4 Å². The van der Waals surface area contributed by atoms with E-state index in [0.717, 1.165) is 5.56 Å². The summed E-state index contributed by atoms with van der Waals surface area (Å²) in [6.45, 7) is 0. The van der Waals surface area contributed by atoms with E-state index in [0.29, 0.717) is 10.6 Å². The van der Waals surface area contributed by atoms with Crippen LogP contribution >= 0.6 is 11.3 Å². The zero-order valence-corrected chi connectivity index (χ0v) is 16.9. The number of halogens is 1. The Labute approximate surface area is 180 Å². The number of carbonyl (C=O) groups excluding carboxylic acids is 2. The van der Waals surface area contributed by atoms with E-state index in [1.165, 1.54) is 40.5 Å². The summed E-state index contributed by atoms with van der Waals surface area (Å²) in [5, 5.41) is 18.0. The summed E-state index contributed by atoms with van der Waals surface area (Å²) in [5.41, 5.74) is 1.29. The summed E-state index contributed by atoms with van der Waals surface area (Å²) in [4.78, 5) is 26.1. The van der Waals surface area contributed by atoms with Gasteiger partial charge in [-0.2, -0.15) is 0 Å². The number of tetrazole rings is 1. The normalized spacial score (nSPS) is 11.6. The predicted octanol–water partition coefficient (Wildman–Crippen LogP) is 2.84. The number of nitrogens with zero attached hydrogens (tertiary/aromatic N) is 4. The Kier molecular flexibility index (Phi) is 6.08. The summed E-state index contributed by atoms with van der Waals surface area (Å²) in [5.74, 6) is -1.52. The lowest BCUT2D eigenvalue weighted by atomic mass is 10.0. The van der Waals surface area contributed by atoms with Crippen molar-refractivity contribution in [2.45, 2.75) is 12.5 Å². The highest BCUT2D eigenvalue weighted by molar-refractivity contribution is 7.12. The highest BCUT2D eigenvalue weighted by Crippen LogP contribution is 2.19. The number of carbonyl (C=O) groups is 2. The lowest BCUT2D eigenvalue weighted by molar-refractivity contribution is -0.118.